The van der Waals surface area contributed by atoms with Crippen molar-refractivity contribution in [1.29, 1.82) is 0 Å². The van der Waals surface area contributed by atoms with Gasteiger partial charge in [0, 0.05) is 25.0 Å². The topological polar surface area (TPSA) is 84.0 Å². The van der Waals surface area contributed by atoms with Crippen LogP contribution in [0.25, 0.3) is 0 Å². The number of aromatic nitrogens is 2. The first-order valence-corrected chi connectivity index (χ1v) is 7.16. The minimum Gasteiger partial charge on any atom is -0.313 e. The van der Waals surface area contributed by atoms with E-state index in [0.717, 1.165) is 25.8 Å². The molecule has 2 N–H and O–H groups in total. The van der Waals surface area contributed by atoms with Crippen molar-refractivity contribution >= 4 is 10.0 Å². The van der Waals surface area contributed by atoms with Crippen molar-refractivity contribution in [2.75, 3.05) is 13.1 Å². The summed E-state index contributed by atoms with van der Waals surface area (Å²) < 4.78 is 26.2. The number of rotatable bonds is 4. The highest BCUT2D eigenvalue weighted by Gasteiger charge is 2.19. The van der Waals surface area contributed by atoms with E-state index in [1.165, 1.54) is 18.6 Å². The van der Waals surface area contributed by atoms with E-state index < -0.39 is 10.0 Å². The zero-order chi connectivity index (χ0) is 12.1. The molecule has 1 aliphatic rings. The third-order valence-electron chi connectivity index (χ3n) is 2.75. The van der Waals surface area contributed by atoms with E-state index in [9.17, 15) is 8.42 Å². The Bertz CT molecular complexity index is 443. The van der Waals surface area contributed by atoms with Crippen molar-refractivity contribution in [2.24, 2.45) is 0 Å². The molecule has 1 aromatic rings. The third kappa shape index (κ3) is 3.45. The summed E-state index contributed by atoms with van der Waals surface area (Å²) in [6, 6.07) is 0.218. The molecule has 0 aromatic carbocycles. The first-order valence-electron chi connectivity index (χ1n) is 5.67. The van der Waals surface area contributed by atoms with Crippen molar-refractivity contribution in [3.05, 3.63) is 18.6 Å². The van der Waals surface area contributed by atoms with Crippen molar-refractivity contribution in [3.63, 3.8) is 0 Å². The van der Waals surface area contributed by atoms with Gasteiger partial charge in [-0.2, -0.15) is 0 Å². The highest BCUT2D eigenvalue weighted by atomic mass is 32.2. The smallest absolute Gasteiger partial charge is 0.259 e. The maximum absolute atomic E-state index is 11.8. The Morgan fingerprint density at radius 2 is 2.29 bits per heavy atom. The van der Waals surface area contributed by atoms with E-state index in [0.29, 0.717) is 6.54 Å². The molecule has 6 nitrogen and oxygen atoms in total. The number of nitrogens with zero attached hydrogens (tertiary/aromatic N) is 2. The van der Waals surface area contributed by atoms with Gasteiger partial charge in [-0.15, -0.1) is 0 Å². The lowest BCUT2D eigenvalue weighted by Crippen LogP contribution is -2.43. The Balaban J connectivity index is 1.94. The summed E-state index contributed by atoms with van der Waals surface area (Å²) in [5.41, 5.74) is 0. The van der Waals surface area contributed by atoms with Crippen molar-refractivity contribution in [3.8, 4) is 0 Å². The highest BCUT2D eigenvalue weighted by Crippen LogP contribution is 2.07. The molecule has 0 bridgehead atoms. The fourth-order valence-electron chi connectivity index (χ4n) is 1.81. The largest absolute Gasteiger partial charge is 0.313 e. The minimum absolute atomic E-state index is 0.0317. The molecule has 94 valence electrons. The Morgan fingerprint density at radius 1 is 1.41 bits per heavy atom. The second kappa shape index (κ2) is 5.52. The standard InChI is InChI=1S/C10H16N4O2S/c15-17(16,10-8-11-5-6-13-10)14-7-9-3-1-2-4-12-9/h5-6,8-9,12,14H,1-4,7H2. The molecule has 17 heavy (non-hydrogen) atoms. The number of hydrogen-bond acceptors (Lipinski definition) is 5. The average Bonchev–Trinajstić information content (AvgIpc) is 2.39. The summed E-state index contributed by atoms with van der Waals surface area (Å²) in [6.45, 7) is 1.36. The number of piperidine rings is 1. The second-order valence-electron chi connectivity index (χ2n) is 4.04. The highest BCUT2D eigenvalue weighted by molar-refractivity contribution is 7.89. The number of hydrogen-bond donors (Lipinski definition) is 2. The van der Waals surface area contributed by atoms with Gasteiger partial charge < -0.3 is 5.32 Å². The van der Waals surface area contributed by atoms with Crippen LogP contribution in [0.4, 0.5) is 0 Å². The molecule has 1 atom stereocenters. The molecular weight excluding hydrogens is 240 g/mol. The lowest BCUT2D eigenvalue weighted by atomic mass is 10.1. The van der Waals surface area contributed by atoms with Crippen LogP contribution >= 0.6 is 0 Å². The summed E-state index contributed by atoms with van der Waals surface area (Å²) in [5.74, 6) is 0. The van der Waals surface area contributed by atoms with Gasteiger partial charge in [-0.05, 0) is 19.4 Å². The average molecular weight is 256 g/mol. The second-order valence-corrected chi connectivity index (χ2v) is 5.76. The maximum atomic E-state index is 11.8. The van der Waals surface area contributed by atoms with Crippen LogP contribution in [0, 0.1) is 0 Å². The molecule has 0 saturated carbocycles. The molecule has 1 fully saturated rings. The molecule has 0 aliphatic carbocycles. The molecule has 0 amide bonds. The van der Waals surface area contributed by atoms with Crippen LogP contribution in [-0.2, 0) is 10.0 Å². The zero-order valence-electron chi connectivity index (χ0n) is 9.46. The predicted octanol–water partition coefficient (Wildman–Crippen LogP) is -0.103. The fraction of sp³-hybridized carbons (Fsp3) is 0.600. The summed E-state index contributed by atoms with van der Waals surface area (Å²) in [5, 5.41) is 3.25. The first kappa shape index (κ1) is 12.4. The van der Waals surface area contributed by atoms with E-state index in [2.05, 4.69) is 20.0 Å². The van der Waals surface area contributed by atoms with Crippen LogP contribution in [0.5, 0.6) is 0 Å². The van der Waals surface area contributed by atoms with E-state index in [1.807, 2.05) is 0 Å². The van der Waals surface area contributed by atoms with E-state index >= 15 is 0 Å². The summed E-state index contributed by atoms with van der Waals surface area (Å²) in [7, 11) is -3.52. The third-order valence-corrected chi connectivity index (χ3v) is 4.06. The Labute approximate surface area is 101 Å². The van der Waals surface area contributed by atoms with Gasteiger partial charge in [0.2, 0.25) is 0 Å². The van der Waals surface area contributed by atoms with Crippen LogP contribution < -0.4 is 10.0 Å². The van der Waals surface area contributed by atoms with Gasteiger partial charge in [0.15, 0.2) is 5.03 Å². The lowest BCUT2D eigenvalue weighted by Gasteiger charge is -2.23. The van der Waals surface area contributed by atoms with Crippen molar-refractivity contribution in [1.82, 2.24) is 20.0 Å². The van der Waals surface area contributed by atoms with Gasteiger partial charge in [-0.25, -0.2) is 18.1 Å². The van der Waals surface area contributed by atoms with Crippen molar-refractivity contribution < 1.29 is 8.42 Å². The van der Waals surface area contributed by atoms with E-state index in [1.54, 1.807) is 0 Å². The Kier molecular flexibility index (Phi) is 4.03. The van der Waals surface area contributed by atoms with Gasteiger partial charge in [0.1, 0.15) is 0 Å². The van der Waals surface area contributed by atoms with Gasteiger partial charge in [-0.3, -0.25) is 4.98 Å². The first-order chi connectivity index (χ1) is 8.18. The molecule has 7 heteroatoms. The summed E-state index contributed by atoms with van der Waals surface area (Å²) in [4.78, 5) is 7.53. The molecule has 2 heterocycles. The predicted molar refractivity (Wildman–Crippen MR) is 62.9 cm³/mol. The van der Waals surface area contributed by atoms with E-state index in [4.69, 9.17) is 0 Å². The minimum atomic E-state index is -3.52. The van der Waals surface area contributed by atoms with Crippen LogP contribution in [0.15, 0.2) is 23.6 Å². The van der Waals surface area contributed by atoms with Crippen molar-refractivity contribution in [2.45, 2.75) is 30.3 Å². The molecule has 2 rings (SSSR count). The fourth-order valence-corrected chi connectivity index (χ4v) is 2.77. The van der Waals surface area contributed by atoms with E-state index in [-0.39, 0.29) is 11.1 Å². The van der Waals surface area contributed by atoms with Gasteiger partial charge in [0.25, 0.3) is 10.0 Å². The normalized spacial score (nSPS) is 21.3. The molecule has 1 unspecified atom stereocenters. The Hall–Kier alpha value is -1.05. The van der Waals surface area contributed by atoms with Gasteiger partial charge >= 0.3 is 0 Å². The Morgan fingerprint density at radius 3 is 2.94 bits per heavy atom. The molecule has 1 aliphatic heterocycles. The van der Waals surface area contributed by atoms with Gasteiger partial charge in [0.05, 0.1) is 6.20 Å². The molecule has 0 spiro atoms. The SMILES string of the molecule is O=S(=O)(NCC1CCCCN1)c1cnccn1. The van der Waals surface area contributed by atoms with Crippen LogP contribution in [0.2, 0.25) is 0 Å². The number of sulfonamides is 1. The summed E-state index contributed by atoms with van der Waals surface area (Å²) in [6.07, 6.45) is 7.37. The van der Waals surface area contributed by atoms with Crippen LogP contribution in [-0.4, -0.2) is 37.5 Å². The molecule has 1 aromatic heterocycles. The molecular formula is C10H16N4O2S. The zero-order valence-corrected chi connectivity index (χ0v) is 10.3. The molecule has 0 radical (unpaired) electrons. The van der Waals surface area contributed by atoms with Gasteiger partial charge in [-0.1, -0.05) is 6.42 Å². The lowest BCUT2D eigenvalue weighted by molar-refractivity contribution is 0.398. The monoisotopic (exact) mass is 256 g/mol. The molecule has 1 saturated heterocycles. The van der Waals surface area contributed by atoms with Crippen LogP contribution in [0.3, 0.4) is 0 Å². The summed E-state index contributed by atoms with van der Waals surface area (Å²) >= 11 is 0. The number of nitrogens with one attached hydrogen (secondary N) is 2. The van der Waals surface area contributed by atoms with Crippen LogP contribution in [0.1, 0.15) is 19.3 Å². The quantitative estimate of drug-likeness (QED) is 0.785. The maximum Gasteiger partial charge on any atom is 0.259 e.